The standard InChI is InChI=1S/C15H19N3O2S/c1-9(7-13(19)14-5-4-6-21-14)17-15(20)12-8-16-11(3)18-10(12)2/h4-6,8-9,13,19H,7H2,1-3H3,(H,17,20). The lowest BCUT2D eigenvalue weighted by Crippen LogP contribution is -2.34. The summed E-state index contributed by atoms with van der Waals surface area (Å²) in [6.45, 7) is 5.45. The third-order valence-corrected chi connectivity index (χ3v) is 4.14. The van der Waals surface area contributed by atoms with Crippen LogP contribution in [0.25, 0.3) is 0 Å². The van der Waals surface area contributed by atoms with E-state index in [0.717, 1.165) is 4.88 Å². The van der Waals surface area contributed by atoms with Gasteiger partial charge < -0.3 is 10.4 Å². The maximum Gasteiger partial charge on any atom is 0.254 e. The first-order valence-electron chi connectivity index (χ1n) is 6.80. The summed E-state index contributed by atoms with van der Waals surface area (Å²) in [7, 11) is 0. The van der Waals surface area contributed by atoms with E-state index < -0.39 is 6.10 Å². The molecule has 2 heterocycles. The van der Waals surface area contributed by atoms with Gasteiger partial charge in [-0.05, 0) is 38.6 Å². The fraction of sp³-hybridized carbons (Fsp3) is 0.400. The minimum absolute atomic E-state index is 0.143. The van der Waals surface area contributed by atoms with Gasteiger partial charge in [0.15, 0.2) is 0 Å². The van der Waals surface area contributed by atoms with Gasteiger partial charge in [0.05, 0.1) is 17.4 Å². The average Bonchev–Trinajstić information content (AvgIpc) is 2.91. The highest BCUT2D eigenvalue weighted by molar-refractivity contribution is 7.10. The van der Waals surface area contributed by atoms with Crippen molar-refractivity contribution in [3.05, 3.63) is 45.7 Å². The van der Waals surface area contributed by atoms with Crippen LogP contribution in [0.4, 0.5) is 0 Å². The van der Waals surface area contributed by atoms with E-state index in [1.807, 2.05) is 24.4 Å². The Morgan fingerprint density at radius 3 is 2.86 bits per heavy atom. The molecule has 0 aliphatic heterocycles. The lowest BCUT2D eigenvalue weighted by Gasteiger charge is -2.17. The first-order chi connectivity index (χ1) is 9.97. The van der Waals surface area contributed by atoms with Crippen molar-refractivity contribution in [2.75, 3.05) is 0 Å². The van der Waals surface area contributed by atoms with Crippen LogP contribution < -0.4 is 5.32 Å². The monoisotopic (exact) mass is 305 g/mol. The first kappa shape index (κ1) is 15.6. The second kappa shape index (κ2) is 6.78. The molecular formula is C15H19N3O2S. The Morgan fingerprint density at radius 1 is 1.48 bits per heavy atom. The van der Waals surface area contributed by atoms with Crippen LogP contribution in [-0.2, 0) is 0 Å². The summed E-state index contributed by atoms with van der Waals surface area (Å²) in [6, 6.07) is 3.65. The molecule has 0 aromatic carbocycles. The summed E-state index contributed by atoms with van der Waals surface area (Å²) >= 11 is 1.51. The number of nitrogens with zero attached hydrogens (tertiary/aromatic N) is 2. The molecule has 0 saturated heterocycles. The zero-order valence-electron chi connectivity index (χ0n) is 12.3. The van der Waals surface area contributed by atoms with Crippen LogP contribution >= 0.6 is 11.3 Å². The van der Waals surface area contributed by atoms with Gasteiger partial charge >= 0.3 is 0 Å². The predicted octanol–water partition coefficient (Wildman–Crippen LogP) is 2.40. The average molecular weight is 305 g/mol. The molecule has 2 N–H and O–H groups in total. The van der Waals surface area contributed by atoms with Crippen molar-refractivity contribution >= 4 is 17.2 Å². The number of aryl methyl sites for hydroxylation is 2. The molecule has 0 aliphatic carbocycles. The number of aromatic nitrogens is 2. The number of rotatable bonds is 5. The van der Waals surface area contributed by atoms with Gasteiger partial charge in [-0.2, -0.15) is 0 Å². The van der Waals surface area contributed by atoms with Gasteiger partial charge in [0.1, 0.15) is 5.82 Å². The van der Waals surface area contributed by atoms with Gasteiger partial charge in [0.25, 0.3) is 5.91 Å². The molecule has 0 bridgehead atoms. The van der Waals surface area contributed by atoms with E-state index in [1.54, 1.807) is 13.8 Å². The van der Waals surface area contributed by atoms with E-state index in [1.165, 1.54) is 17.5 Å². The fourth-order valence-corrected chi connectivity index (χ4v) is 2.82. The number of nitrogens with one attached hydrogen (secondary N) is 1. The van der Waals surface area contributed by atoms with E-state index >= 15 is 0 Å². The summed E-state index contributed by atoms with van der Waals surface area (Å²) in [5.74, 6) is 0.434. The summed E-state index contributed by atoms with van der Waals surface area (Å²) in [4.78, 5) is 21.3. The molecule has 0 saturated carbocycles. The molecule has 5 nitrogen and oxygen atoms in total. The molecule has 2 atom stereocenters. The summed E-state index contributed by atoms with van der Waals surface area (Å²) in [5, 5.41) is 14.9. The molecule has 2 aromatic rings. The van der Waals surface area contributed by atoms with E-state index in [0.29, 0.717) is 23.5 Å². The molecule has 1 amide bonds. The number of hydrogen-bond donors (Lipinski definition) is 2. The number of amides is 1. The fourth-order valence-electron chi connectivity index (χ4n) is 2.10. The van der Waals surface area contributed by atoms with Crippen LogP contribution in [0.2, 0.25) is 0 Å². The van der Waals surface area contributed by atoms with Crippen LogP contribution in [0.15, 0.2) is 23.7 Å². The van der Waals surface area contributed by atoms with Crippen molar-refractivity contribution in [1.29, 1.82) is 0 Å². The molecule has 6 heteroatoms. The van der Waals surface area contributed by atoms with Gasteiger partial charge in [-0.1, -0.05) is 6.07 Å². The maximum absolute atomic E-state index is 12.2. The minimum Gasteiger partial charge on any atom is -0.387 e. The predicted molar refractivity (Wildman–Crippen MR) is 82.3 cm³/mol. The number of aliphatic hydroxyl groups excluding tert-OH is 1. The molecule has 0 aliphatic rings. The number of aliphatic hydroxyl groups is 1. The highest BCUT2D eigenvalue weighted by Crippen LogP contribution is 2.22. The second-order valence-electron chi connectivity index (χ2n) is 5.06. The van der Waals surface area contributed by atoms with Crippen LogP contribution in [0, 0.1) is 13.8 Å². The summed E-state index contributed by atoms with van der Waals surface area (Å²) < 4.78 is 0. The smallest absolute Gasteiger partial charge is 0.254 e. The summed E-state index contributed by atoms with van der Waals surface area (Å²) in [5.41, 5.74) is 1.13. The second-order valence-corrected chi connectivity index (χ2v) is 6.04. The quantitative estimate of drug-likeness (QED) is 0.889. The highest BCUT2D eigenvalue weighted by atomic mass is 32.1. The molecule has 21 heavy (non-hydrogen) atoms. The van der Waals surface area contributed by atoms with Crippen molar-refractivity contribution in [3.63, 3.8) is 0 Å². The first-order valence-corrected chi connectivity index (χ1v) is 7.68. The third kappa shape index (κ3) is 4.09. The molecule has 112 valence electrons. The van der Waals surface area contributed by atoms with Gasteiger partial charge in [0, 0.05) is 17.1 Å². The molecule has 0 spiro atoms. The zero-order chi connectivity index (χ0) is 15.4. The molecule has 2 unspecified atom stereocenters. The van der Waals surface area contributed by atoms with E-state index in [4.69, 9.17) is 0 Å². The Morgan fingerprint density at radius 2 is 2.24 bits per heavy atom. The summed E-state index contributed by atoms with van der Waals surface area (Å²) in [6.07, 6.45) is 1.45. The van der Waals surface area contributed by atoms with Crippen LogP contribution in [0.1, 0.15) is 46.2 Å². The van der Waals surface area contributed by atoms with Gasteiger partial charge in [0.2, 0.25) is 0 Å². The van der Waals surface area contributed by atoms with E-state index in [-0.39, 0.29) is 11.9 Å². The van der Waals surface area contributed by atoms with Crippen molar-refractivity contribution in [2.24, 2.45) is 0 Å². The Kier molecular flexibility index (Phi) is 5.03. The maximum atomic E-state index is 12.2. The normalized spacial score (nSPS) is 13.7. The lowest BCUT2D eigenvalue weighted by atomic mass is 10.1. The largest absolute Gasteiger partial charge is 0.387 e. The van der Waals surface area contributed by atoms with Crippen LogP contribution in [-0.4, -0.2) is 27.0 Å². The van der Waals surface area contributed by atoms with Crippen molar-refractivity contribution in [3.8, 4) is 0 Å². The molecule has 0 fully saturated rings. The SMILES string of the molecule is Cc1ncc(C(=O)NC(C)CC(O)c2cccs2)c(C)n1. The molecule has 2 aromatic heterocycles. The number of thiophene rings is 1. The number of hydrogen-bond acceptors (Lipinski definition) is 5. The van der Waals surface area contributed by atoms with Crippen molar-refractivity contribution < 1.29 is 9.90 Å². The van der Waals surface area contributed by atoms with Crippen LogP contribution in [0.3, 0.4) is 0 Å². The Labute approximate surface area is 128 Å². The Bertz CT molecular complexity index is 613. The van der Waals surface area contributed by atoms with Gasteiger partial charge in [-0.25, -0.2) is 9.97 Å². The lowest BCUT2D eigenvalue weighted by molar-refractivity contribution is 0.0917. The molecular weight excluding hydrogens is 286 g/mol. The highest BCUT2D eigenvalue weighted by Gasteiger charge is 2.17. The van der Waals surface area contributed by atoms with Crippen molar-refractivity contribution in [2.45, 2.75) is 39.3 Å². The number of carbonyl (C=O) groups excluding carboxylic acids is 1. The van der Waals surface area contributed by atoms with E-state index in [9.17, 15) is 9.90 Å². The third-order valence-electron chi connectivity index (χ3n) is 3.17. The molecule has 0 radical (unpaired) electrons. The molecule has 2 rings (SSSR count). The van der Waals surface area contributed by atoms with E-state index in [2.05, 4.69) is 15.3 Å². The van der Waals surface area contributed by atoms with Crippen molar-refractivity contribution in [1.82, 2.24) is 15.3 Å². The minimum atomic E-state index is -0.560. The topological polar surface area (TPSA) is 75.1 Å². The van der Waals surface area contributed by atoms with Crippen LogP contribution in [0.5, 0.6) is 0 Å². The Balaban J connectivity index is 1.96. The number of carbonyl (C=O) groups is 1. The van der Waals surface area contributed by atoms with Gasteiger partial charge in [-0.15, -0.1) is 11.3 Å². The Hall–Kier alpha value is -1.79. The zero-order valence-corrected chi connectivity index (χ0v) is 13.1. The van der Waals surface area contributed by atoms with Gasteiger partial charge in [-0.3, -0.25) is 4.79 Å².